The predicted molar refractivity (Wildman–Crippen MR) is 121 cm³/mol. The summed E-state index contributed by atoms with van der Waals surface area (Å²) in [6, 6.07) is 14.9. The van der Waals surface area contributed by atoms with Gasteiger partial charge in [-0.3, -0.25) is 0 Å². The molecule has 0 amide bonds. The molecule has 0 unspecified atom stereocenters. The van der Waals surface area contributed by atoms with Crippen molar-refractivity contribution in [2.45, 2.75) is 13.5 Å². The van der Waals surface area contributed by atoms with Crippen LogP contribution in [0.2, 0.25) is 0 Å². The zero-order valence-corrected chi connectivity index (χ0v) is 17.6. The average molecular weight is 494 g/mol. The number of nitrogens with two attached hydrogens (primary N) is 2. The van der Waals surface area contributed by atoms with Gasteiger partial charge in [0.15, 0.2) is 11.5 Å². The molecule has 0 radical (unpaired) electrons. The minimum absolute atomic E-state index is 0.0807. The van der Waals surface area contributed by atoms with Crippen molar-refractivity contribution in [1.29, 1.82) is 0 Å². The minimum atomic E-state index is -0.358. The van der Waals surface area contributed by atoms with E-state index in [9.17, 15) is 15.3 Å². The number of nitrogen functional groups attached to an aromatic ring is 2. The van der Waals surface area contributed by atoms with Crippen LogP contribution in [0.5, 0.6) is 23.0 Å². The third-order valence-corrected chi connectivity index (χ3v) is 3.85. The summed E-state index contributed by atoms with van der Waals surface area (Å²) in [4.78, 5) is 0. The monoisotopic (exact) mass is 494 g/mol. The van der Waals surface area contributed by atoms with E-state index in [1.54, 1.807) is 48.5 Å². The molecule has 0 aromatic heterocycles. The first-order valence-electron chi connectivity index (χ1n) is 8.54. The van der Waals surface area contributed by atoms with Crippen LogP contribution < -0.4 is 16.2 Å². The SMILES string of the molecule is CCI.Nc1cc(-c2ccc(O)c(O)c2N)ccc1OCc1ccc(O)cc1. The Bertz CT molecular complexity index is 930. The molecule has 0 atom stereocenters. The van der Waals surface area contributed by atoms with Gasteiger partial charge in [0.2, 0.25) is 0 Å². The molecule has 7 N–H and O–H groups in total. The second-order valence-electron chi connectivity index (χ2n) is 5.87. The van der Waals surface area contributed by atoms with E-state index in [2.05, 4.69) is 29.5 Å². The molecule has 0 heterocycles. The van der Waals surface area contributed by atoms with Crippen LogP contribution in [0.1, 0.15) is 12.5 Å². The number of anilines is 2. The number of hydrogen-bond donors (Lipinski definition) is 5. The van der Waals surface area contributed by atoms with E-state index in [-0.39, 0.29) is 22.9 Å². The summed E-state index contributed by atoms with van der Waals surface area (Å²) in [6.07, 6.45) is 0. The molecule has 0 aliphatic rings. The Hall–Kier alpha value is -2.81. The van der Waals surface area contributed by atoms with Crippen LogP contribution in [-0.2, 0) is 6.61 Å². The number of benzene rings is 3. The van der Waals surface area contributed by atoms with E-state index in [0.717, 1.165) is 5.56 Å². The number of phenols is 3. The summed E-state index contributed by atoms with van der Waals surface area (Å²) in [5.74, 6) is 0.0764. The summed E-state index contributed by atoms with van der Waals surface area (Å²) < 4.78 is 6.92. The smallest absolute Gasteiger partial charge is 0.181 e. The van der Waals surface area contributed by atoms with E-state index in [0.29, 0.717) is 29.2 Å². The summed E-state index contributed by atoms with van der Waals surface area (Å²) in [5, 5.41) is 28.5. The van der Waals surface area contributed by atoms with Gasteiger partial charge >= 0.3 is 0 Å². The van der Waals surface area contributed by atoms with Crippen molar-refractivity contribution >= 4 is 34.0 Å². The summed E-state index contributed by atoms with van der Waals surface area (Å²) in [7, 11) is 0. The first-order valence-corrected chi connectivity index (χ1v) is 10.1. The fourth-order valence-corrected chi connectivity index (χ4v) is 2.45. The molecule has 148 valence electrons. The Morgan fingerprint density at radius 2 is 1.57 bits per heavy atom. The molecule has 3 aromatic carbocycles. The fraction of sp³-hybridized carbons (Fsp3) is 0.143. The highest BCUT2D eigenvalue weighted by Gasteiger charge is 2.12. The number of ether oxygens (including phenoxy) is 1. The number of halogens is 1. The zero-order chi connectivity index (χ0) is 20.7. The lowest BCUT2D eigenvalue weighted by Gasteiger charge is -2.13. The largest absolute Gasteiger partial charge is 0.508 e. The lowest BCUT2D eigenvalue weighted by atomic mass is 10.0. The normalized spacial score (nSPS) is 10.1. The van der Waals surface area contributed by atoms with Gasteiger partial charge in [0, 0.05) is 5.56 Å². The zero-order valence-electron chi connectivity index (χ0n) is 15.4. The van der Waals surface area contributed by atoms with Gasteiger partial charge in [-0.15, -0.1) is 0 Å². The van der Waals surface area contributed by atoms with Crippen LogP contribution in [0.3, 0.4) is 0 Å². The van der Waals surface area contributed by atoms with Gasteiger partial charge < -0.3 is 31.5 Å². The average Bonchev–Trinajstić information content (AvgIpc) is 2.67. The van der Waals surface area contributed by atoms with Crippen LogP contribution in [0.4, 0.5) is 11.4 Å². The molecule has 0 fully saturated rings. The van der Waals surface area contributed by atoms with Gasteiger partial charge in [-0.1, -0.05) is 47.7 Å². The molecule has 0 saturated carbocycles. The van der Waals surface area contributed by atoms with Crippen LogP contribution in [0.15, 0.2) is 54.6 Å². The van der Waals surface area contributed by atoms with Crippen LogP contribution >= 0.6 is 22.6 Å². The van der Waals surface area contributed by atoms with Crippen LogP contribution in [0.25, 0.3) is 11.1 Å². The highest BCUT2D eigenvalue weighted by Crippen LogP contribution is 2.40. The molecule has 3 rings (SSSR count). The standard InChI is InChI=1S/C19H18N2O4.C2H5I/c20-15-9-12(14-6-7-16(23)19(24)18(14)21)3-8-17(15)25-10-11-1-4-13(22)5-2-11;1-2-3/h1-9,22-24H,10,20-21H2;2H2,1H3. The minimum Gasteiger partial charge on any atom is -0.508 e. The van der Waals surface area contributed by atoms with E-state index < -0.39 is 0 Å². The molecule has 28 heavy (non-hydrogen) atoms. The lowest BCUT2D eigenvalue weighted by molar-refractivity contribution is 0.308. The number of rotatable bonds is 4. The molecule has 6 nitrogen and oxygen atoms in total. The Morgan fingerprint density at radius 3 is 2.18 bits per heavy atom. The Kier molecular flexibility index (Phi) is 7.62. The van der Waals surface area contributed by atoms with Gasteiger partial charge in [0.1, 0.15) is 18.1 Å². The van der Waals surface area contributed by atoms with Crippen LogP contribution in [-0.4, -0.2) is 19.7 Å². The van der Waals surface area contributed by atoms with E-state index in [4.69, 9.17) is 16.2 Å². The maximum Gasteiger partial charge on any atom is 0.181 e. The maximum absolute atomic E-state index is 9.75. The second-order valence-corrected chi connectivity index (χ2v) is 7.40. The highest BCUT2D eigenvalue weighted by molar-refractivity contribution is 14.1. The first-order chi connectivity index (χ1) is 13.4. The van der Waals surface area contributed by atoms with Gasteiger partial charge in [-0.2, -0.15) is 0 Å². The number of alkyl halides is 1. The molecule has 3 aromatic rings. The molecular weight excluding hydrogens is 471 g/mol. The quantitative estimate of drug-likeness (QED) is 0.156. The lowest BCUT2D eigenvalue weighted by Crippen LogP contribution is -1.99. The van der Waals surface area contributed by atoms with Crippen molar-refractivity contribution in [1.82, 2.24) is 0 Å². The topological polar surface area (TPSA) is 122 Å². The highest BCUT2D eigenvalue weighted by atomic mass is 127. The Morgan fingerprint density at radius 1 is 0.929 bits per heavy atom. The molecule has 0 spiro atoms. The van der Waals surface area contributed by atoms with Crippen molar-refractivity contribution in [2.75, 3.05) is 15.9 Å². The van der Waals surface area contributed by atoms with E-state index in [1.807, 2.05) is 0 Å². The number of hydrogen-bond acceptors (Lipinski definition) is 6. The van der Waals surface area contributed by atoms with Crippen molar-refractivity contribution in [2.24, 2.45) is 0 Å². The van der Waals surface area contributed by atoms with Gasteiger partial charge in [-0.25, -0.2) is 0 Å². The van der Waals surface area contributed by atoms with Gasteiger partial charge in [0.05, 0.1) is 11.4 Å². The molecule has 0 aliphatic carbocycles. The Labute approximate surface area is 177 Å². The maximum atomic E-state index is 9.75. The molecular formula is C21H23IN2O4. The third-order valence-electron chi connectivity index (χ3n) is 3.85. The molecule has 0 aliphatic heterocycles. The number of aromatic hydroxyl groups is 3. The summed E-state index contributed by atoms with van der Waals surface area (Å²) in [5.41, 5.74) is 14.6. The van der Waals surface area contributed by atoms with Crippen molar-refractivity contribution in [3.8, 4) is 34.1 Å². The second kappa shape index (κ2) is 9.93. The molecule has 7 heteroatoms. The molecule has 0 bridgehead atoms. The number of phenolic OH excluding ortho intramolecular Hbond substituents is 3. The van der Waals surface area contributed by atoms with Gasteiger partial charge in [-0.05, 0) is 52.0 Å². The van der Waals surface area contributed by atoms with E-state index >= 15 is 0 Å². The van der Waals surface area contributed by atoms with Crippen molar-refractivity contribution in [3.63, 3.8) is 0 Å². The van der Waals surface area contributed by atoms with Crippen molar-refractivity contribution in [3.05, 3.63) is 60.2 Å². The Balaban J connectivity index is 0.000000878. The molecule has 0 saturated heterocycles. The van der Waals surface area contributed by atoms with Crippen LogP contribution in [0, 0.1) is 0 Å². The van der Waals surface area contributed by atoms with Gasteiger partial charge in [0.25, 0.3) is 0 Å². The fourth-order valence-electron chi connectivity index (χ4n) is 2.45. The third kappa shape index (κ3) is 5.35. The van der Waals surface area contributed by atoms with E-state index in [1.165, 1.54) is 10.5 Å². The summed E-state index contributed by atoms with van der Waals surface area (Å²) in [6.45, 7) is 2.42. The summed E-state index contributed by atoms with van der Waals surface area (Å²) >= 11 is 2.29. The first kappa shape index (κ1) is 21.5. The van der Waals surface area contributed by atoms with Crippen molar-refractivity contribution < 1.29 is 20.1 Å². The predicted octanol–water partition coefficient (Wildman–Crippen LogP) is 4.66.